The molecule has 0 N–H and O–H groups in total. The molecule has 0 aliphatic carbocycles. The number of benzene rings is 1. The molecule has 0 unspecified atom stereocenters. The summed E-state index contributed by atoms with van der Waals surface area (Å²) in [5.41, 5.74) is 0. The Kier molecular flexibility index (Phi) is 5.97. The molecule has 6 heteroatoms. The first-order chi connectivity index (χ1) is 10.5. The second-order valence-electron chi connectivity index (χ2n) is 5.72. The average molecular weight is 314 g/mol. The Morgan fingerprint density at radius 3 is 2.36 bits per heavy atom. The van der Waals surface area contributed by atoms with E-state index in [1.165, 1.54) is 0 Å². The van der Waals surface area contributed by atoms with Crippen LogP contribution in [0.4, 0.5) is 8.78 Å². The molecule has 1 aliphatic rings. The third kappa shape index (κ3) is 5.77. The summed E-state index contributed by atoms with van der Waals surface area (Å²) in [7, 11) is 1.62. The Hall–Kier alpha value is -1.40. The Balaban J connectivity index is 1.66. The first kappa shape index (κ1) is 17.0. The summed E-state index contributed by atoms with van der Waals surface area (Å²) in [4.78, 5) is 4.06. The number of alkyl halides is 2. The molecule has 0 aromatic heterocycles. The van der Waals surface area contributed by atoms with E-state index in [2.05, 4.69) is 4.90 Å². The summed E-state index contributed by atoms with van der Waals surface area (Å²) in [5.74, 6) is -1.06. The second-order valence-corrected chi connectivity index (χ2v) is 5.72. The fourth-order valence-electron chi connectivity index (χ4n) is 2.55. The van der Waals surface area contributed by atoms with E-state index in [0.29, 0.717) is 19.7 Å². The van der Waals surface area contributed by atoms with Crippen LogP contribution in [0.15, 0.2) is 24.3 Å². The van der Waals surface area contributed by atoms with Gasteiger partial charge in [0.15, 0.2) is 0 Å². The van der Waals surface area contributed by atoms with Crippen LogP contribution in [0.5, 0.6) is 11.5 Å². The summed E-state index contributed by atoms with van der Waals surface area (Å²) in [6, 6.07) is 7.50. The van der Waals surface area contributed by atoms with Gasteiger partial charge in [0, 0.05) is 45.7 Å². The van der Waals surface area contributed by atoms with Gasteiger partial charge in [0.1, 0.15) is 18.1 Å². The summed E-state index contributed by atoms with van der Waals surface area (Å²) in [6.07, 6.45) is 0. The van der Waals surface area contributed by atoms with Gasteiger partial charge in [0.2, 0.25) is 0 Å². The molecule has 1 saturated heterocycles. The van der Waals surface area contributed by atoms with Crippen molar-refractivity contribution in [2.45, 2.75) is 12.8 Å². The number of ether oxygens (including phenoxy) is 2. The number of hydrogen-bond acceptors (Lipinski definition) is 4. The molecule has 124 valence electrons. The van der Waals surface area contributed by atoms with E-state index in [-0.39, 0.29) is 6.54 Å². The van der Waals surface area contributed by atoms with Crippen LogP contribution in [-0.4, -0.2) is 68.7 Å². The Morgan fingerprint density at radius 1 is 1.09 bits per heavy atom. The molecule has 1 aromatic carbocycles. The summed E-state index contributed by atoms with van der Waals surface area (Å²) in [6.45, 7) is 5.17. The number of piperazine rings is 1. The monoisotopic (exact) mass is 314 g/mol. The third-order valence-electron chi connectivity index (χ3n) is 3.68. The lowest BCUT2D eigenvalue weighted by molar-refractivity contribution is -0.0265. The van der Waals surface area contributed by atoms with Gasteiger partial charge in [-0.05, 0) is 12.1 Å². The van der Waals surface area contributed by atoms with Crippen molar-refractivity contribution in [1.29, 1.82) is 0 Å². The zero-order chi connectivity index (χ0) is 16.0. The SMILES string of the molecule is COc1cccc(OCCN2CCN(CC(C)(F)F)CC2)c1. The van der Waals surface area contributed by atoms with E-state index in [0.717, 1.165) is 38.1 Å². The van der Waals surface area contributed by atoms with Crippen molar-refractivity contribution in [3.05, 3.63) is 24.3 Å². The highest BCUT2D eigenvalue weighted by Crippen LogP contribution is 2.19. The van der Waals surface area contributed by atoms with E-state index in [9.17, 15) is 8.78 Å². The highest BCUT2D eigenvalue weighted by Gasteiger charge is 2.27. The fourth-order valence-corrected chi connectivity index (χ4v) is 2.55. The van der Waals surface area contributed by atoms with Crippen LogP contribution in [0.25, 0.3) is 0 Å². The first-order valence-electron chi connectivity index (χ1n) is 7.56. The van der Waals surface area contributed by atoms with Crippen molar-refractivity contribution in [2.75, 3.05) is 53.0 Å². The highest BCUT2D eigenvalue weighted by molar-refractivity contribution is 5.32. The number of hydrogen-bond donors (Lipinski definition) is 0. The van der Waals surface area contributed by atoms with Crippen molar-refractivity contribution in [3.63, 3.8) is 0 Å². The van der Waals surface area contributed by atoms with Crippen molar-refractivity contribution in [3.8, 4) is 11.5 Å². The van der Waals surface area contributed by atoms with Gasteiger partial charge in [0.25, 0.3) is 5.92 Å². The van der Waals surface area contributed by atoms with Crippen molar-refractivity contribution >= 4 is 0 Å². The molecule has 22 heavy (non-hydrogen) atoms. The van der Waals surface area contributed by atoms with E-state index in [1.54, 1.807) is 7.11 Å². The van der Waals surface area contributed by atoms with E-state index in [1.807, 2.05) is 29.2 Å². The van der Waals surface area contributed by atoms with Crippen LogP contribution >= 0.6 is 0 Å². The topological polar surface area (TPSA) is 24.9 Å². The predicted octanol–water partition coefficient (Wildman–Crippen LogP) is 2.35. The van der Waals surface area contributed by atoms with Crippen LogP contribution in [0, 0.1) is 0 Å². The van der Waals surface area contributed by atoms with Crippen LogP contribution in [-0.2, 0) is 0 Å². The molecule has 1 aliphatic heterocycles. The lowest BCUT2D eigenvalue weighted by Gasteiger charge is -2.35. The normalized spacial score (nSPS) is 17.5. The standard InChI is InChI=1S/C16H24F2N2O2/c1-16(17,18)13-20-8-6-19(7-9-20)10-11-22-15-5-3-4-14(12-15)21-2/h3-5,12H,6-11,13H2,1-2H3. The Bertz CT molecular complexity index is 458. The average Bonchev–Trinajstić information content (AvgIpc) is 2.48. The minimum absolute atomic E-state index is 0.152. The minimum Gasteiger partial charge on any atom is -0.497 e. The van der Waals surface area contributed by atoms with Gasteiger partial charge in [-0.25, -0.2) is 8.78 Å². The molecular formula is C16H24F2N2O2. The first-order valence-corrected chi connectivity index (χ1v) is 7.56. The van der Waals surface area contributed by atoms with Gasteiger partial charge >= 0.3 is 0 Å². The summed E-state index contributed by atoms with van der Waals surface area (Å²) < 4.78 is 36.8. The maximum atomic E-state index is 13.0. The highest BCUT2D eigenvalue weighted by atomic mass is 19.3. The predicted molar refractivity (Wildman–Crippen MR) is 82.0 cm³/mol. The number of methoxy groups -OCH3 is 1. The Morgan fingerprint density at radius 2 is 1.73 bits per heavy atom. The van der Waals surface area contributed by atoms with Crippen LogP contribution in [0.3, 0.4) is 0 Å². The number of nitrogens with zero attached hydrogens (tertiary/aromatic N) is 2. The molecule has 0 saturated carbocycles. The quantitative estimate of drug-likeness (QED) is 0.771. The van der Waals surface area contributed by atoms with Crippen LogP contribution in [0.1, 0.15) is 6.92 Å². The zero-order valence-electron chi connectivity index (χ0n) is 13.2. The van der Waals surface area contributed by atoms with Gasteiger partial charge in [-0.15, -0.1) is 0 Å². The van der Waals surface area contributed by atoms with Gasteiger partial charge < -0.3 is 9.47 Å². The minimum atomic E-state index is -2.61. The summed E-state index contributed by atoms with van der Waals surface area (Å²) >= 11 is 0. The molecule has 1 fully saturated rings. The molecule has 1 aromatic rings. The molecule has 2 rings (SSSR count). The molecule has 0 atom stereocenters. The van der Waals surface area contributed by atoms with E-state index in [4.69, 9.17) is 9.47 Å². The second kappa shape index (κ2) is 7.74. The largest absolute Gasteiger partial charge is 0.497 e. The molecule has 1 heterocycles. The maximum Gasteiger partial charge on any atom is 0.257 e. The maximum absolute atomic E-state index is 13.0. The van der Waals surface area contributed by atoms with E-state index >= 15 is 0 Å². The van der Waals surface area contributed by atoms with Crippen LogP contribution < -0.4 is 9.47 Å². The number of rotatable bonds is 7. The van der Waals surface area contributed by atoms with Gasteiger partial charge in [-0.1, -0.05) is 6.07 Å². The summed E-state index contributed by atoms with van der Waals surface area (Å²) in [5, 5.41) is 0. The van der Waals surface area contributed by atoms with Crippen LogP contribution in [0.2, 0.25) is 0 Å². The molecule has 0 bridgehead atoms. The number of halogens is 2. The van der Waals surface area contributed by atoms with Gasteiger partial charge in [-0.3, -0.25) is 9.80 Å². The van der Waals surface area contributed by atoms with Gasteiger partial charge in [-0.2, -0.15) is 0 Å². The van der Waals surface area contributed by atoms with Crippen molar-refractivity contribution < 1.29 is 18.3 Å². The lowest BCUT2D eigenvalue weighted by Crippen LogP contribution is -2.50. The third-order valence-corrected chi connectivity index (χ3v) is 3.68. The van der Waals surface area contributed by atoms with Gasteiger partial charge in [0.05, 0.1) is 13.7 Å². The molecule has 0 spiro atoms. The molecular weight excluding hydrogens is 290 g/mol. The lowest BCUT2D eigenvalue weighted by atomic mass is 10.2. The zero-order valence-corrected chi connectivity index (χ0v) is 13.2. The Labute approximate surface area is 130 Å². The van der Waals surface area contributed by atoms with Crippen molar-refractivity contribution in [2.24, 2.45) is 0 Å². The smallest absolute Gasteiger partial charge is 0.257 e. The molecule has 0 radical (unpaired) electrons. The van der Waals surface area contributed by atoms with E-state index < -0.39 is 5.92 Å². The fraction of sp³-hybridized carbons (Fsp3) is 0.625. The van der Waals surface area contributed by atoms with Crippen molar-refractivity contribution in [1.82, 2.24) is 9.80 Å². The molecule has 4 nitrogen and oxygen atoms in total. The molecule has 0 amide bonds.